The highest BCUT2D eigenvalue weighted by atomic mass is 16.3. The highest BCUT2D eigenvalue weighted by Crippen LogP contribution is 2.39. The summed E-state index contributed by atoms with van der Waals surface area (Å²) in [5.41, 5.74) is 5.00. The van der Waals surface area contributed by atoms with Crippen LogP contribution in [0.1, 0.15) is 43.7 Å². The lowest BCUT2D eigenvalue weighted by Gasteiger charge is -2.11. The zero-order valence-electron chi connectivity index (χ0n) is 17.5. The third kappa shape index (κ3) is 3.21. The molecule has 0 aliphatic carbocycles. The van der Waals surface area contributed by atoms with Gasteiger partial charge in [0.25, 0.3) is 0 Å². The Morgan fingerprint density at radius 3 is 2.62 bits per heavy atom. The SMILES string of the molecule is CCn1c2ccc(O)cc2c2c(C)c3c[n+](CCCCCC#N)ccc3c(C)c21. The van der Waals surface area contributed by atoms with Gasteiger partial charge in [0.2, 0.25) is 0 Å². The summed E-state index contributed by atoms with van der Waals surface area (Å²) in [6.45, 7) is 8.45. The van der Waals surface area contributed by atoms with Crippen LogP contribution in [-0.4, -0.2) is 9.67 Å². The number of aromatic nitrogens is 2. The maximum atomic E-state index is 10.1. The van der Waals surface area contributed by atoms with Crippen molar-refractivity contribution in [1.29, 1.82) is 5.26 Å². The van der Waals surface area contributed by atoms with E-state index in [-0.39, 0.29) is 0 Å². The Kier molecular flexibility index (Phi) is 5.15. The van der Waals surface area contributed by atoms with E-state index in [1.165, 1.54) is 38.3 Å². The van der Waals surface area contributed by atoms with Crippen LogP contribution in [0.3, 0.4) is 0 Å². The third-order valence-electron chi connectivity index (χ3n) is 6.12. The van der Waals surface area contributed by atoms with Gasteiger partial charge in [0.15, 0.2) is 12.4 Å². The molecule has 0 unspecified atom stereocenters. The lowest BCUT2D eigenvalue weighted by Crippen LogP contribution is -2.32. The number of unbranched alkanes of at least 4 members (excludes halogenated alkanes) is 3. The van der Waals surface area contributed by atoms with E-state index in [1.54, 1.807) is 6.07 Å². The molecule has 2 heterocycles. The summed E-state index contributed by atoms with van der Waals surface area (Å²) in [6, 6.07) is 10.2. The molecule has 29 heavy (non-hydrogen) atoms. The van der Waals surface area contributed by atoms with Gasteiger partial charge in [-0.2, -0.15) is 5.26 Å². The smallest absolute Gasteiger partial charge is 0.176 e. The van der Waals surface area contributed by atoms with Crippen molar-refractivity contribution in [2.45, 2.75) is 59.5 Å². The van der Waals surface area contributed by atoms with Crippen LogP contribution in [0.4, 0.5) is 0 Å². The second kappa shape index (κ2) is 7.75. The van der Waals surface area contributed by atoms with Crippen molar-refractivity contribution < 1.29 is 9.67 Å². The molecule has 0 atom stereocenters. The Bertz CT molecular complexity index is 1260. The quantitative estimate of drug-likeness (QED) is 0.343. The van der Waals surface area contributed by atoms with Crippen molar-refractivity contribution in [1.82, 2.24) is 4.57 Å². The van der Waals surface area contributed by atoms with Crippen LogP contribution in [0.25, 0.3) is 32.6 Å². The van der Waals surface area contributed by atoms with Gasteiger partial charge in [-0.1, -0.05) is 0 Å². The van der Waals surface area contributed by atoms with Gasteiger partial charge in [0.05, 0.1) is 11.6 Å². The number of hydrogen-bond acceptors (Lipinski definition) is 2. The van der Waals surface area contributed by atoms with Gasteiger partial charge in [-0.15, -0.1) is 0 Å². The number of rotatable bonds is 6. The summed E-state index contributed by atoms with van der Waals surface area (Å²) in [5.74, 6) is 0.310. The van der Waals surface area contributed by atoms with Crippen molar-refractivity contribution in [3.05, 3.63) is 47.8 Å². The number of nitrogens with zero attached hydrogens (tertiary/aromatic N) is 3. The van der Waals surface area contributed by atoms with Crippen LogP contribution in [0.2, 0.25) is 0 Å². The topological polar surface area (TPSA) is 52.8 Å². The molecule has 0 amide bonds. The summed E-state index contributed by atoms with van der Waals surface area (Å²) in [4.78, 5) is 0. The Labute approximate surface area is 171 Å². The monoisotopic (exact) mass is 386 g/mol. The van der Waals surface area contributed by atoms with Crippen LogP contribution in [0.15, 0.2) is 36.7 Å². The van der Waals surface area contributed by atoms with Crippen LogP contribution in [-0.2, 0) is 13.1 Å². The molecule has 1 N–H and O–H groups in total. The zero-order valence-corrected chi connectivity index (χ0v) is 17.5. The van der Waals surface area contributed by atoms with E-state index in [4.69, 9.17) is 5.26 Å². The molecule has 4 rings (SSSR count). The van der Waals surface area contributed by atoms with E-state index in [9.17, 15) is 5.11 Å². The Hall–Kier alpha value is -3.06. The lowest BCUT2D eigenvalue weighted by molar-refractivity contribution is -0.696. The molecule has 4 heteroatoms. The van der Waals surface area contributed by atoms with E-state index in [1.807, 2.05) is 12.1 Å². The lowest BCUT2D eigenvalue weighted by atomic mass is 9.97. The molecule has 4 aromatic rings. The van der Waals surface area contributed by atoms with Crippen LogP contribution >= 0.6 is 0 Å². The number of aryl methyl sites for hydroxylation is 4. The standard InChI is InChI=1S/C25H27N3O/c1-4-28-23-10-9-19(29)15-21(23)24-17(2)22-16-27(13-8-6-5-7-12-26)14-11-20(22)18(3)25(24)28/h9-11,14-16H,4-8,13H2,1-3H3/p+1. The molecule has 0 aliphatic heterocycles. The normalized spacial score (nSPS) is 11.5. The molecular formula is C25H28N3O+. The second-order valence-electron chi connectivity index (χ2n) is 7.90. The molecule has 0 saturated carbocycles. The minimum absolute atomic E-state index is 0.310. The van der Waals surface area contributed by atoms with Gasteiger partial charge < -0.3 is 9.67 Å². The average Bonchev–Trinajstić information content (AvgIpc) is 3.05. The molecule has 2 aromatic carbocycles. The molecule has 2 aromatic heterocycles. The predicted molar refractivity (Wildman–Crippen MR) is 118 cm³/mol. The van der Waals surface area contributed by atoms with Crippen molar-refractivity contribution in [3.8, 4) is 11.8 Å². The van der Waals surface area contributed by atoms with Gasteiger partial charge in [0, 0.05) is 47.1 Å². The first-order valence-electron chi connectivity index (χ1n) is 10.5. The van der Waals surface area contributed by atoms with Crippen molar-refractivity contribution in [2.75, 3.05) is 0 Å². The van der Waals surface area contributed by atoms with Crippen LogP contribution in [0, 0.1) is 25.2 Å². The largest absolute Gasteiger partial charge is 0.508 e. The summed E-state index contributed by atoms with van der Waals surface area (Å²) < 4.78 is 4.63. The maximum absolute atomic E-state index is 10.1. The van der Waals surface area contributed by atoms with E-state index in [0.717, 1.165) is 37.7 Å². The zero-order chi connectivity index (χ0) is 20.5. The maximum Gasteiger partial charge on any atom is 0.176 e. The number of fused-ring (bicyclic) bond motifs is 4. The molecule has 0 radical (unpaired) electrons. The predicted octanol–water partition coefficient (Wildman–Crippen LogP) is 5.66. The molecule has 0 bridgehead atoms. The molecule has 0 aliphatic rings. The first kappa shape index (κ1) is 19.3. The third-order valence-corrected chi connectivity index (χ3v) is 6.12. The Morgan fingerprint density at radius 2 is 1.86 bits per heavy atom. The van der Waals surface area contributed by atoms with Gasteiger partial charge in [-0.05, 0) is 68.3 Å². The first-order valence-corrected chi connectivity index (χ1v) is 10.5. The molecule has 0 fully saturated rings. The number of phenolic OH excluding ortho intramolecular Hbond substituents is 1. The van der Waals surface area contributed by atoms with Crippen molar-refractivity contribution in [2.24, 2.45) is 0 Å². The average molecular weight is 387 g/mol. The van der Waals surface area contributed by atoms with Crippen molar-refractivity contribution >= 4 is 32.6 Å². The molecule has 4 nitrogen and oxygen atoms in total. The van der Waals surface area contributed by atoms with E-state index >= 15 is 0 Å². The van der Waals surface area contributed by atoms with Gasteiger partial charge in [-0.3, -0.25) is 0 Å². The first-order chi connectivity index (χ1) is 14.1. The van der Waals surface area contributed by atoms with Gasteiger partial charge in [-0.25, -0.2) is 4.57 Å². The number of nitriles is 1. The number of benzene rings is 2. The highest BCUT2D eigenvalue weighted by molar-refractivity contribution is 6.17. The minimum atomic E-state index is 0.310. The summed E-state index contributed by atoms with van der Waals surface area (Å²) in [7, 11) is 0. The van der Waals surface area contributed by atoms with Gasteiger partial charge in [0.1, 0.15) is 12.3 Å². The van der Waals surface area contributed by atoms with Crippen molar-refractivity contribution in [3.63, 3.8) is 0 Å². The van der Waals surface area contributed by atoms with E-state index in [2.05, 4.69) is 54.4 Å². The van der Waals surface area contributed by atoms with E-state index in [0.29, 0.717) is 12.2 Å². The highest BCUT2D eigenvalue weighted by Gasteiger charge is 2.19. The summed E-state index contributed by atoms with van der Waals surface area (Å²) in [6.07, 6.45) is 8.23. The molecule has 148 valence electrons. The Morgan fingerprint density at radius 1 is 1.03 bits per heavy atom. The number of pyridine rings is 1. The number of hydrogen-bond donors (Lipinski definition) is 1. The van der Waals surface area contributed by atoms with Crippen LogP contribution < -0.4 is 4.57 Å². The Balaban J connectivity index is 1.89. The summed E-state index contributed by atoms with van der Waals surface area (Å²) >= 11 is 0. The fourth-order valence-corrected chi connectivity index (χ4v) is 4.68. The fourth-order valence-electron chi connectivity index (χ4n) is 4.68. The van der Waals surface area contributed by atoms with Gasteiger partial charge >= 0.3 is 0 Å². The molecular weight excluding hydrogens is 358 g/mol. The second-order valence-corrected chi connectivity index (χ2v) is 7.90. The fraction of sp³-hybridized carbons (Fsp3) is 0.360. The number of phenols is 1. The minimum Gasteiger partial charge on any atom is -0.508 e. The van der Waals surface area contributed by atoms with Crippen LogP contribution in [0.5, 0.6) is 5.75 Å². The van der Waals surface area contributed by atoms with E-state index < -0.39 is 0 Å². The number of aromatic hydroxyl groups is 1. The summed E-state index contributed by atoms with van der Waals surface area (Å²) in [5, 5.41) is 23.7. The molecule has 0 saturated heterocycles. The molecule has 0 spiro atoms.